The van der Waals surface area contributed by atoms with Gasteiger partial charge in [-0.25, -0.2) is 4.31 Å². The highest BCUT2D eigenvalue weighted by Crippen LogP contribution is 2.35. The summed E-state index contributed by atoms with van der Waals surface area (Å²) < 4.78 is 2.45. The number of aliphatic hydroxyl groups excluding tert-OH is 1. The fourth-order valence-corrected chi connectivity index (χ4v) is 5.03. The smallest absolute Gasteiger partial charge is 0.0679 e. The molecule has 2 unspecified atom stereocenters. The predicted octanol–water partition coefficient (Wildman–Crippen LogP) is 3.64. The van der Waals surface area contributed by atoms with Gasteiger partial charge in [-0.1, -0.05) is 35.9 Å². The Morgan fingerprint density at radius 3 is 2.65 bits per heavy atom. The molecule has 0 bridgehead atoms. The highest BCUT2D eigenvalue weighted by molar-refractivity contribution is 7.97. The standard InChI is InChI=1S/C18H21ClN2OS/c19-17-5-1-4-16-15(17)3-2-6-18(16)23-21-10-7-13(11-21)20-9-8-14(22)12-20/h1-6,13-14,22H,7-12H2. The lowest BCUT2D eigenvalue weighted by Gasteiger charge is -2.23. The van der Waals surface area contributed by atoms with Crippen molar-refractivity contribution < 1.29 is 5.11 Å². The van der Waals surface area contributed by atoms with Crippen LogP contribution in [-0.4, -0.2) is 52.6 Å². The fraction of sp³-hybridized carbons (Fsp3) is 0.444. The molecule has 2 atom stereocenters. The molecular formula is C18H21ClN2OS. The first-order valence-electron chi connectivity index (χ1n) is 8.23. The number of benzene rings is 2. The van der Waals surface area contributed by atoms with Crippen LogP contribution in [0.25, 0.3) is 10.8 Å². The van der Waals surface area contributed by atoms with Crippen molar-refractivity contribution in [1.29, 1.82) is 0 Å². The molecule has 2 aliphatic heterocycles. The third-order valence-electron chi connectivity index (χ3n) is 4.89. The molecule has 0 radical (unpaired) electrons. The number of halogens is 1. The van der Waals surface area contributed by atoms with Gasteiger partial charge in [0.1, 0.15) is 0 Å². The lowest BCUT2D eigenvalue weighted by molar-refractivity contribution is 0.161. The predicted molar refractivity (Wildman–Crippen MR) is 97.0 cm³/mol. The molecule has 4 rings (SSSR count). The highest BCUT2D eigenvalue weighted by atomic mass is 35.5. The van der Waals surface area contributed by atoms with Gasteiger partial charge in [0.05, 0.1) is 6.10 Å². The van der Waals surface area contributed by atoms with E-state index in [-0.39, 0.29) is 6.10 Å². The maximum Gasteiger partial charge on any atom is 0.0679 e. The van der Waals surface area contributed by atoms with Gasteiger partial charge >= 0.3 is 0 Å². The second-order valence-corrected chi connectivity index (χ2v) is 8.00. The van der Waals surface area contributed by atoms with Crippen LogP contribution in [0.5, 0.6) is 0 Å². The Morgan fingerprint density at radius 1 is 1.00 bits per heavy atom. The Hall–Kier alpha value is -0.780. The molecule has 2 aromatic carbocycles. The van der Waals surface area contributed by atoms with Gasteiger partial charge in [0, 0.05) is 47.5 Å². The summed E-state index contributed by atoms with van der Waals surface area (Å²) in [4.78, 5) is 3.72. The van der Waals surface area contributed by atoms with Crippen molar-refractivity contribution in [2.75, 3.05) is 26.2 Å². The SMILES string of the molecule is OC1CCN(C2CCN(Sc3cccc4c(Cl)cccc34)C2)C1. The van der Waals surface area contributed by atoms with Crippen LogP contribution in [-0.2, 0) is 0 Å². The van der Waals surface area contributed by atoms with Crippen LogP contribution >= 0.6 is 23.5 Å². The molecule has 0 aliphatic carbocycles. The normalized spacial score (nSPS) is 26.3. The van der Waals surface area contributed by atoms with E-state index in [2.05, 4.69) is 33.5 Å². The molecule has 23 heavy (non-hydrogen) atoms. The number of likely N-dealkylation sites (tertiary alicyclic amines) is 1. The lowest BCUT2D eigenvalue weighted by Crippen LogP contribution is -2.35. The zero-order valence-corrected chi connectivity index (χ0v) is 14.6. The molecule has 2 saturated heterocycles. The molecule has 0 saturated carbocycles. The first-order valence-corrected chi connectivity index (χ1v) is 9.38. The minimum Gasteiger partial charge on any atom is -0.392 e. The van der Waals surface area contributed by atoms with E-state index in [9.17, 15) is 5.11 Å². The Morgan fingerprint density at radius 2 is 1.83 bits per heavy atom. The molecule has 2 heterocycles. The largest absolute Gasteiger partial charge is 0.392 e. The summed E-state index contributed by atoms with van der Waals surface area (Å²) in [7, 11) is 0. The van der Waals surface area contributed by atoms with Gasteiger partial charge in [-0.05, 0) is 42.3 Å². The van der Waals surface area contributed by atoms with Crippen LogP contribution in [0.2, 0.25) is 5.02 Å². The van der Waals surface area contributed by atoms with Crippen LogP contribution in [0.3, 0.4) is 0 Å². The summed E-state index contributed by atoms with van der Waals surface area (Å²) in [5, 5.41) is 12.9. The number of fused-ring (bicyclic) bond motifs is 1. The summed E-state index contributed by atoms with van der Waals surface area (Å²) in [5.41, 5.74) is 0. The van der Waals surface area contributed by atoms with Crippen LogP contribution < -0.4 is 0 Å². The summed E-state index contributed by atoms with van der Waals surface area (Å²) in [6, 6.07) is 13.0. The average molecular weight is 349 g/mol. The summed E-state index contributed by atoms with van der Waals surface area (Å²) >= 11 is 8.15. The van der Waals surface area contributed by atoms with E-state index in [1.165, 1.54) is 16.7 Å². The second-order valence-electron chi connectivity index (χ2n) is 6.45. The van der Waals surface area contributed by atoms with Crippen LogP contribution in [0.15, 0.2) is 41.3 Å². The molecule has 1 N–H and O–H groups in total. The van der Waals surface area contributed by atoms with E-state index in [1.54, 1.807) is 0 Å². The molecule has 3 nitrogen and oxygen atoms in total. The van der Waals surface area contributed by atoms with Crippen molar-refractivity contribution in [3.05, 3.63) is 41.4 Å². The third kappa shape index (κ3) is 3.24. The van der Waals surface area contributed by atoms with Crippen molar-refractivity contribution in [1.82, 2.24) is 9.21 Å². The van der Waals surface area contributed by atoms with Crippen molar-refractivity contribution in [3.8, 4) is 0 Å². The van der Waals surface area contributed by atoms with Crippen LogP contribution in [0, 0.1) is 0 Å². The molecule has 2 aliphatic rings. The fourth-order valence-electron chi connectivity index (χ4n) is 3.65. The Kier molecular flexibility index (Phi) is 4.52. The topological polar surface area (TPSA) is 26.7 Å². The van der Waals surface area contributed by atoms with Crippen molar-refractivity contribution in [2.45, 2.75) is 29.9 Å². The molecule has 5 heteroatoms. The number of rotatable bonds is 3. The average Bonchev–Trinajstić information content (AvgIpc) is 3.17. The van der Waals surface area contributed by atoms with E-state index < -0.39 is 0 Å². The van der Waals surface area contributed by atoms with E-state index in [0.29, 0.717) is 6.04 Å². The van der Waals surface area contributed by atoms with Gasteiger partial charge in [0.25, 0.3) is 0 Å². The first-order chi connectivity index (χ1) is 11.2. The summed E-state index contributed by atoms with van der Waals surface area (Å²) in [5.74, 6) is 0. The Bertz CT molecular complexity index is 710. The van der Waals surface area contributed by atoms with Gasteiger partial charge in [-0.2, -0.15) is 0 Å². The molecule has 2 aromatic rings. The second kappa shape index (κ2) is 6.61. The zero-order chi connectivity index (χ0) is 15.8. The minimum absolute atomic E-state index is 0.128. The number of hydrogen-bond donors (Lipinski definition) is 1. The third-order valence-corrected chi connectivity index (χ3v) is 6.37. The summed E-state index contributed by atoms with van der Waals surface area (Å²) in [6.45, 7) is 4.04. The maximum atomic E-state index is 9.73. The quantitative estimate of drug-likeness (QED) is 0.857. The van der Waals surface area contributed by atoms with Gasteiger partial charge in [0.15, 0.2) is 0 Å². The number of nitrogens with zero attached hydrogens (tertiary/aromatic N) is 2. The van der Waals surface area contributed by atoms with Crippen molar-refractivity contribution in [3.63, 3.8) is 0 Å². The monoisotopic (exact) mass is 348 g/mol. The van der Waals surface area contributed by atoms with Crippen LogP contribution in [0.1, 0.15) is 12.8 Å². The minimum atomic E-state index is -0.128. The molecular weight excluding hydrogens is 328 g/mol. The molecule has 2 fully saturated rings. The molecule has 0 aromatic heterocycles. The maximum absolute atomic E-state index is 9.73. The van der Waals surface area contributed by atoms with Gasteiger partial charge in [0.2, 0.25) is 0 Å². The number of β-amino-alcohol motifs (C(OH)–C–C–N with tert-alkyl or cyclic N) is 1. The van der Waals surface area contributed by atoms with Crippen LogP contribution in [0.4, 0.5) is 0 Å². The molecule has 122 valence electrons. The lowest BCUT2D eigenvalue weighted by atomic mass is 10.1. The van der Waals surface area contributed by atoms with E-state index in [1.807, 2.05) is 24.1 Å². The Balaban J connectivity index is 1.48. The Labute approximate surface area is 146 Å². The van der Waals surface area contributed by atoms with Gasteiger partial charge in [-0.3, -0.25) is 4.90 Å². The zero-order valence-electron chi connectivity index (χ0n) is 13.0. The van der Waals surface area contributed by atoms with Gasteiger partial charge < -0.3 is 5.11 Å². The first kappa shape index (κ1) is 15.7. The van der Waals surface area contributed by atoms with E-state index >= 15 is 0 Å². The van der Waals surface area contributed by atoms with Crippen molar-refractivity contribution >= 4 is 34.3 Å². The number of hydrogen-bond acceptors (Lipinski definition) is 4. The molecule has 0 amide bonds. The number of aliphatic hydroxyl groups is 1. The van der Waals surface area contributed by atoms with Crippen molar-refractivity contribution in [2.24, 2.45) is 0 Å². The van der Waals surface area contributed by atoms with Gasteiger partial charge in [-0.15, -0.1) is 0 Å². The molecule has 0 spiro atoms. The highest BCUT2D eigenvalue weighted by Gasteiger charge is 2.32. The van der Waals surface area contributed by atoms with E-state index in [0.717, 1.165) is 43.0 Å². The summed E-state index contributed by atoms with van der Waals surface area (Å²) in [6.07, 6.45) is 1.98. The van der Waals surface area contributed by atoms with E-state index in [4.69, 9.17) is 11.6 Å².